The van der Waals surface area contributed by atoms with Crippen molar-refractivity contribution in [3.05, 3.63) is 29.8 Å². The zero-order valence-electron chi connectivity index (χ0n) is 13.0. The summed E-state index contributed by atoms with van der Waals surface area (Å²) in [6.07, 6.45) is 0.461. The average Bonchev–Trinajstić information content (AvgIpc) is 2.46. The fourth-order valence-corrected chi connectivity index (χ4v) is 1.81. The Morgan fingerprint density at radius 3 is 2.71 bits per heavy atom. The van der Waals surface area contributed by atoms with E-state index in [-0.39, 0.29) is 18.6 Å². The van der Waals surface area contributed by atoms with E-state index >= 15 is 0 Å². The highest BCUT2D eigenvalue weighted by molar-refractivity contribution is 5.94. The molecular weight excluding hydrogens is 270 g/mol. The molecule has 5 heteroatoms. The van der Waals surface area contributed by atoms with Crippen molar-refractivity contribution in [1.29, 1.82) is 0 Å². The normalized spacial score (nSPS) is 12.2. The predicted octanol–water partition coefficient (Wildman–Crippen LogP) is 1.85. The number of hydrogen-bond donors (Lipinski definition) is 2. The summed E-state index contributed by atoms with van der Waals surface area (Å²) in [6, 6.07) is 6.88. The van der Waals surface area contributed by atoms with E-state index in [0.717, 1.165) is 0 Å². The molecule has 1 aromatic rings. The Bertz CT molecular complexity index is 428. The van der Waals surface area contributed by atoms with Crippen LogP contribution in [0, 0.1) is 5.92 Å². The molecule has 0 saturated heterocycles. The second-order valence-electron chi connectivity index (χ2n) is 5.37. The van der Waals surface area contributed by atoms with Crippen LogP contribution in [0.3, 0.4) is 0 Å². The number of methoxy groups -OCH3 is 1. The number of amides is 1. The lowest BCUT2D eigenvalue weighted by Crippen LogP contribution is -2.38. The quantitative estimate of drug-likeness (QED) is 0.729. The molecule has 0 spiro atoms. The number of hydrogen-bond acceptors (Lipinski definition) is 4. The van der Waals surface area contributed by atoms with Crippen molar-refractivity contribution in [2.75, 3.05) is 26.9 Å². The number of aliphatic hydroxyl groups is 1. The lowest BCUT2D eigenvalue weighted by molar-refractivity contribution is 0.0878. The fourth-order valence-electron chi connectivity index (χ4n) is 1.81. The highest BCUT2D eigenvalue weighted by Crippen LogP contribution is 2.14. The van der Waals surface area contributed by atoms with Crippen LogP contribution < -0.4 is 10.1 Å². The monoisotopic (exact) mass is 295 g/mol. The van der Waals surface area contributed by atoms with Crippen molar-refractivity contribution in [3.8, 4) is 5.75 Å². The highest BCUT2D eigenvalue weighted by Gasteiger charge is 2.13. The van der Waals surface area contributed by atoms with Gasteiger partial charge in [0.25, 0.3) is 5.91 Å². The van der Waals surface area contributed by atoms with Crippen LogP contribution in [0.2, 0.25) is 0 Å². The van der Waals surface area contributed by atoms with E-state index in [1.54, 1.807) is 25.3 Å². The van der Waals surface area contributed by atoms with Gasteiger partial charge in [0.2, 0.25) is 0 Å². The Kier molecular flexibility index (Phi) is 7.79. The third kappa shape index (κ3) is 6.60. The summed E-state index contributed by atoms with van der Waals surface area (Å²) in [5, 5.41) is 11.8. The Labute approximate surface area is 126 Å². The van der Waals surface area contributed by atoms with Crippen LogP contribution in [0.5, 0.6) is 5.75 Å². The molecule has 21 heavy (non-hydrogen) atoms. The molecule has 0 aromatic heterocycles. The topological polar surface area (TPSA) is 67.8 Å². The van der Waals surface area contributed by atoms with Crippen LogP contribution in [0.25, 0.3) is 0 Å². The number of carbonyl (C=O) groups excluding carboxylic acids is 1. The first-order valence-corrected chi connectivity index (χ1v) is 7.20. The molecule has 1 atom stereocenters. The van der Waals surface area contributed by atoms with Gasteiger partial charge in [0.05, 0.1) is 19.3 Å². The molecule has 1 unspecified atom stereocenters. The smallest absolute Gasteiger partial charge is 0.251 e. The molecule has 0 fully saturated rings. The molecule has 0 heterocycles. The van der Waals surface area contributed by atoms with Crippen molar-refractivity contribution in [2.24, 2.45) is 5.92 Å². The summed E-state index contributed by atoms with van der Waals surface area (Å²) < 4.78 is 10.6. The van der Waals surface area contributed by atoms with Gasteiger partial charge in [0.1, 0.15) is 5.75 Å². The number of rotatable bonds is 9. The van der Waals surface area contributed by atoms with E-state index in [4.69, 9.17) is 14.6 Å². The lowest BCUT2D eigenvalue weighted by atomic mass is 10.1. The first-order valence-electron chi connectivity index (χ1n) is 7.20. The Balaban J connectivity index is 2.66. The van der Waals surface area contributed by atoms with Gasteiger partial charge in [-0.2, -0.15) is 0 Å². The number of nitrogens with one attached hydrogen (secondary N) is 1. The zero-order chi connectivity index (χ0) is 15.7. The Morgan fingerprint density at radius 2 is 2.10 bits per heavy atom. The number of aliphatic hydroxyl groups excluding tert-OH is 1. The summed E-state index contributed by atoms with van der Waals surface area (Å²) in [7, 11) is 1.57. The molecule has 2 N–H and O–H groups in total. The van der Waals surface area contributed by atoms with Gasteiger partial charge in [0.15, 0.2) is 0 Å². The van der Waals surface area contributed by atoms with Crippen LogP contribution >= 0.6 is 0 Å². The van der Waals surface area contributed by atoms with Crippen molar-refractivity contribution in [1.82, 2.24) is 5.32 Å². The van der Waals surface area contributed by atoms with E-state index in [0.29, 0.717) is 36.9 Å². The molecule has 5 nitrogen and oxygen atoms in total. The average molecular weight is 295 g/mol. The maximum absolute atomic E-state index is 12.2. The minimum atomic E-state index is -0.201. The Morgan fingerprint density at radius 1 is 1.33 bits per heavy atom. The van der Waals surface area contributed by atoms with Crippen LogP contribution in [0.1, 0.15) is 30.6 Å². The number of carbonyl (C=O) groups is 1. The van der Waals surface area contributed by atoms with E-state index < -0.39 is 0 Å². The van der Waals surface area contributed by atoms with Gasteiger partial charge in [-0.05, 0) is 30.5 Å². The standard InChI is InChI=1S/C16H25NO4/c1-12(2)10-21-15-6-4-5-13(9-15)16(19)17-14(7-8-18)11-20-3/h4-6,9,12,14,18H,7-8,10-11H2,1-3H3,(H,17,19). The lowest BCUT2D eigenvalue weighted by Gasteiger charge is -2.17. The summed E-state index contributed by atoms with van der Waals surface area (Å²) in [6.45, 7) is 5.13. The zero-order valence-corrected chi connectivity index (χ0v) is 13.0. The SMILES string of the molecule is COCC(CCO)NC(=O)c1cccc(OCC(C)C)c1. The summed E-state index contributed by atoms with van der Waals surface area (Å²) in [5.41, 5.74) is 0.537. The summed E-state index contributed by atoms with van der Waals surface area (Å²) >= 11 is 0. The maximum Gasteiger partial charge on any atom is 0.251 e. The molecule has 0 bridgehead atoms. The minimum Gasteiger partial charge on any atom is -0.493 e. The summed E-state index contributed by atoms with van der Waals surface area (Å²) in [5.74, 6) is 0.917. The molecular formula is C16H25NO4. The van der Waals surface area contributed by atoms with Gasteiger partial charge in [0, 0.05) is 19.3 Å². The molecule has 0 radical (unpaired) electrons. The minimum absolute atomic E-state index is 0.00580. The third-order valence-corrected chi connectivity index (χ3v) is 2.86. The van der Waals surface area contributed by atoms with Crippen molar-refractivity contribution in [2.45, 2.75) is 26.3 Å². The first kappa shape index (κ1) is 17.5. The number of benzene rings is 1. The second kappa shape index (κ2) is 9.37. The molecule has 0 saturated carbocycles. The van der Waals surface area contributed by atoms with Crippen LogP contribution in [0.4, 0.5) is 0 Å². The van der Waals surface area contributed by atoms with Gasteiger partial charge >= 0.3 is 0 Å². The first-order chi connectivity index (χ1) is 10.1. The molecule has 1 aromatic carbocycles. The summed E-state index contributed by atoms with van der Waals surface area (Å²) in [4.78, 5) is 12.2. The van der Waals surface area contributed by atoms with E-state index in [9.17, 15) is 4.79 Å². The van der Waals surface area contributed by atoms with Crippen molar-refractivity contribution < 1.29 is 19.4 Å². The van der Waals surface area contributed by atoms with Gasteiger partial charge in [-0.25, -0.2) is 0 Å². The van der Waals surface area contributed by atoms with Gasteiger partial charge in [-0.15, -0.1) is 0 Å². The van der Waals surface area contributed by atoms with E-state index in [1.807, 2.05) is 6.07 Å². The molecule has 118 valence electrons. The molecule has 0 aliphatic heterocycles. The number of ether oxygens (including phenoxy) is 2. The molecule has 1 rings (SSSR count). The Hall–Kier alpha value is -1.59. The predicted molar refractivity (Wildman–Crippen MR) is 81.6 cm³/mol. The van der Waals surface area contributed by atoms with Crippen molar-refractivity contribution in [3.63, 3.8) is 0 Å². The maximum atomic E-state index is 12.2. The van der Waals surface area contributed by atoms with Crippen LogP contribution in [-0.4, -0.2) is 44.0 Å². The highest BCUT2D eigenvalue weighted by atomic mass is 16.5. The van der Waals surface area contributed by atoms with Crippen molar-refractivity contribution >= 4 is 5.91 Å². The second-order valence-corrected chi connectivity index (χ2v) is 5.37. The molecule has 1 amide bonds. The third-order valence-electron chi connectivity index (χ3n) is 2.86. The van der Waals surface area contributed by atoms with Crippen LogP contribution in [0.15, 0.2) is 24.3 Å². The van der Waals surface area contributed by atoms with Gasteiger partial charge < -0.3 is 19.9 Å². The van der Waals surface area contributed by atoms with Gasteiger partial charge in [-0.3, -0.25) is 4.79 Å². The largest absolute Gasteiger partial charge is 0.493 e. The fraction of sp³-hybridized carbons (Fsp3) is 0.562. The van der Waals surface area contributed by atoms with E-state index in [2.05, 4.69) is 19.2 Å². The van der Waals surface area contributed by atoms with Crippen LogP contribution in [-0.2, 0) is 4.74 Å². The molecule has 0 aliphatic carbocycles. The molecule has 0 aliphatic rings. The van der Waals surface area contributed by atoms with Gasteiger partial charge in [-0.1, -0.05) is 19.9 Å². The van der Waals surface area contributed by atoms with E-state index in [1.165, 1.54) is 0 Å².